The number of rotatable bonds is 21. The van der Waals surface area contributed by atoms with E-state index in [4.69, 9.17) is 56.8 Å². The minimum Gasteiger partial charge on any atom is -0.504 e. The molecule has 0 amide bonds. The molecule has 4 aliphatic rings. The van der Waals surface area contributed by atoms with Gasteiger partial charge in [0.25, 0.3) is 0 Å². The summed E-state index contributed by atoms with van der Waals surface area (Å²) in [5, 5.41) is 141. The summed E-state index contributed by atoms with van der Waals surface area (Å²) in [6.07, 6.45) is -32.2. The monoisotopic (exact) mass is 1120 g/mol. The summed E-state index contributed by atoms with van der Waals surface area (Å²) < 4.78 is 68.3. The average Bonchev–Trinajstić information content (AvgIpc) is 3.93. The van der Waals surface area contributed by atoms with Crippen molar-refractivity contribution in [2.75, 3.05) is 47.3 Å². The van der Waals surface area contributed by atoms with Gasteiger partial charge in [0.1, 0.15) is 98.7 Å². The first-order valence-electron chi connectivity index (χ1n) is 24.4. The van der Waals surface area contributed by atoms with Gasteiger partial charge in [0.2, 0.25) is 5.79 Å². The van der Waals surface area contributed by atoms with Crippen LogP contribution in [0.1, 0.15) is 21.5 Å². The molecule has 19 atom stereocenters. The fraction of sp³-hybridized carbons (Fsp3) is 0.510. The number of phenols is 2. The van der Waals surface area contributed by atoms with Gasteiger partial charge in [-0.3, -0.25) is 0 Å². The molecular formula is C51H62O28. The van der Waals surface area contributed by atoms with E-state index in [9.17, 15) is 80.8 Å². The van der Waals surface area contributed by atoms with Crippen molar-refractivity contribution in [3.8, 4) is 23.0 Å². The van der Waals surface area contributed by atoms with E-state index in [0.717, 1.165) is 12.2 Å². The number of aliphatic hydroxyl groups excluding tert-OH is 11. The summed E-state index contributed by atoms with van der Waals surface area (Å²) in [6.45, 7) is -5.01. The van der Waals surface area contributed by atoms with Crippen molar-refractivity contribution in [3.05, 3.63) is 95.6 Å². The molecule has 28 nitrogen and oxygen atoms in total. The Balaban J connectivity index is 1.17. The molecule has 13 N–H and O–H groups in total. The van der Waals surface area contributed by atoms with E-state index in [1.54, 1.807) is 6.07 Å². The van der Waals surface area contributed by atoms with Crippen LogP contribution in [0.15, 0.2) is 78.9 Å². The van der Waals surface area contributed by atoms with Crippen molar-refractivity contribution in [2.24, 2.45) is 0 Å². The van der Waals surface area contributed by atoms with Crippen molar-refractivity contribution in [1.82, 2.24) is 0 Å². The molecule has 0 bridgehead atoms. The van der Waals surface area contributed by atoms with Gasteiger partial charge in [-0.15, -0.1) is 0 Å². The van der Waals surface area contributed by atoms with Crippen molar-refractivity contribution in [3.63, 3.8) is 0 Å². The Hall–Kier alpha value is -5.97. The molecule has 4 saturated heterocycles. The number of ether oxygens (including phenoxy) is 12. The lowest BCUT2D eigenvalue weighted by Crippen LogP contribution is -2.68. The Morgan fingerprint density at radius 2 is 1.05 bits per heavy atom. The van der Waals surface area contributed by atoms with Crippen molar-refractivity contribution < 1.29 is 138 Å². The van der Waals surface area contributed by atoms with E-state index >= 15 is 0 Å². The number of phenolic OH excluding ortho intramolecular Hbond substituents is 2. The number of hydrogen-bond acceptors (Lipinski definition) is 28. The van der Waals surface area contributed by atoms with E-state index in [-0.39, 0.29) is 28.6 Å². The summed E-state index contributed by atoms with van der Waals surface area (Å²) >= 11 is 0. The molecule has 0 radical (unpaired) electrons. The lowest BCUT2D eigenvalue weighted by molar-refractivity contribution is -0.416. The highest BCUT2D eigenvalue weighted by atomic mass is 16.8. The van der Waals surface area contributed by atoms with Crippen molar-refractivity contribution in [1.29, 1.82) is 0 Å². The van der Waals surface area contributed by atoms with Crippen LogP contribution in [-0.4, -0.2) is 248 Å². The van der Waals surface area contributed by atoms with E-state index in [0.29, 0.717) is 11.1 Å². The maximum atomic E-state index is 13.7. The van der Waals surface area contributed by atoms with Crippen molar-refractivity contribution >= 4 is 30.1 Å². The van der Waals surface area contributed by atoms with E-state index < -0.39 is 167 Å². The number of methoxy groups -OCH3 is 2. The van der Waals surface area contributed by atoms with Gasteiger partial charge >= 0.3 is 17.9 Å². The molecule has 7 rings (SSSR count). The van der Waals surface area contributed by atoms with Crippen LogP contribution in [0.4, 0.5) is 0 Å². The van der Waals surface area contributed by atoms with Crippen molar-refractivity contribution in [2.45, 2.75) is 116 Å². The Morgan fingerprint density at radius 3 is 1.59 bits per heavy atom. The maximum absolute atomic E-state index is 13.7. The lowest BCUT2D eigenvalue weighted by atomic mass is 9.96. The molecule has 0 saturated carbocycles. The van der Waals surface area contributed by atoms with Gasteiger partial charge in [-0.25, -0.2) is 14.4 Å². The Morgan fingerprint density at radius 1 is 0.557 bits per heavy atom. The first-order chi connectivity index (χ1) is 37.8. The second kappa shape index (κ2) is 27.0. The average molecular weight is 1120 g/mol. The molecule has 28 heteroatoms. The van der Waals surface area contributed by atoms with Gasteiger partial charge in [-0.05, 0) is 59.7 Å². The van der Waals surface area contributed by atoms with Crippen LogP contribution in [0, 0.1) is 0 Å². The molecule has 79 heavy (non-hydrogen) atoms. The highest BCUT2D eigenvalue weighted by Crippen LogP contribution is 2.41. The lowest BCUT2D eigenvalue weighted by Gasteiger charge is -2.49. The zero-order valence-corrected chi connectivity index (χ0v) is 42.0. The van der Waals surface area contributed by atoms with E-state index in [1.807, 2.05) is 0 Å². The van der Waals surface area contributed by atoms with Crippen LogP contribution >= 0.6 is 0 Å². The van der Waals surface area contributed by atoms with Gasteiger partial charge < -0.3 is 123 Å². The number of benzene rings is 3. The maximum Gasteiger partial charge on any atom is 0.338 e. The molecule has 4 aliphatic heterocycles. The first kappa shape index (κ1) is 60.7. The summed E-state index contributed by atoms with van der Waals surface area (Å²) in [6, 6.07) is 15.5. The van der Waals surface area contributed by atoms with E-state index in [2.05, 4.69) is 0 Å². The predicted molar refractivity (Wildman–Crippen MR) is 259 cm³/mol. The van der Waals surface area contributed by atoms with Gasteiger partial charge in [-0.2, -0.15) is 0 Å². The summed E-state index contributed by atoms with van der Waals surface area (Å²) in [7, 11) is 2.61. The zero-order chi connectivity index (χ0) is 57.3. The Labute approximate surface area is 448 Å². The van der Waals surface area contributed by atoms with Crippen LogP contribution in [0.5, 0.6) is 23.0 Å². The number of esters is 3. The molecular weight excluding hydrogens is 1060 g/mol. The number of carbonyl (C=O) groups excluding carboxylic acids is 3. The fourth-order valence-electron chi connectivity index (χ4n) is 8.79. The molecule has 0 unspecified atom stereocenters. The first-order valence-corrected chi connectivity index (χ1v) is 24.4. The van der Waals surface area contributed by atoms with Gasteiger partial charge in [0.05, 0.1) is 39.6 Å². The predicted octanol–water partition coefficient (Wildman–Crippen LogP) is -3.93. The summed E-state index contributed by atoms with van der Waals surface area (Å²) in [5.74, 6) is -6.24. The third kappa shape index (κ3) is 14.0. The SMILES string of the molecule is COc1cc(/C=C\C(=O)OC[C@@]2(O[C@H]3O[C@H](CO)[C@@H](O)[C@H](O)[C@H]3O[C@@H]3O[C@H](CO)[C@@H](O)[C@H](O)[C@H]3O[C@@H]3O[C@H](COC(=O)/C=C/c4ccc(O)c(OC)c4)[C@@H](O)[C@H](O)[C@H]3O)O[C@H](CO)[C@@H](O)[C@@H]2OC(=O)c2ccccc2)ccc1O. The quantitative estimate of drug-likeness (QED) is 0.0275. The smallest absolute Gasteiger partial charge is 0.338 e. The van der Waals surface area contributed by atoms with Crippen LogP contribution < -0.4 is 9.47 Å². The van der Waals surface area contributed by atoms with Gasteiger partial charge in [-0.1, -0.05) is 30.3 Å². The number of carbonyl (C=O) groups is 3. The highest BCUT2D eigenvalue weighted by molar-refractivity contribution is 5.90. The molecule has 4 heterocycles. The zero-order valence-electron chi connectivity index (χ0n) is 42.0. The minimum atomic E-state index is -2.80. The molecule has 3 aromatic carbocycles. The molecule has 0 aliphatic carbocycles. The molecule has 0 spiro atoms. The second-order valence-corrected chi connectivity index (χ2v) is 18.3. The van der Waals surface area contributed by atoms with Gasteiger partial charge in [0, 0.05) is 12.2 Å². The normalized spacial score (nSPS) is 34.8. The molecule has 0 aromatic heterocycles. The summed E-state index contributed by atoms with van der Waals surface area (Å²) in [5.41, 5.74) is 0.672. The summed E-state index contributed by atoms with van der Waals surface area (Å²) in [4.78, 5) is 39.8. The molecule has 3 aromatic rings. The third-order valence-corrected chi connectivity index (χ3v) is 13.2. The Bertz CT molecular complexity index is 2570. The van der Waals surface area contributed by atoms with Crippen LogP contribution in [0.2, 0.25) is 0 Å². The minimum absolute atomic E-state index is 0.0592. The highest BCUT2D eigenvalue weighted by Gasteiger charge is 2.63. The number of aliphatic hydroxyl groups is 11. The number of hydrogen-bond donors (Lipinski definition) is 13. The fourth-order valence-corrected chi connectivity index (χ4v) is 8.79. The third-order valence-electron chi connectivity index (χ3n) is 13.2. The molecule has 434 valence electrons. The van der Waals surface area contributed by atoms with Gasteiger partial charge in [0.15, 0.2) is 48.0 Å². The second-order valence-electron chi connectivity index (χ2n) is 18.3. The molecule has 4 fully saturated rings. The Kier molecular flexibility index (Phi) is 20.7. The van der Waals surface area contributed by atoms with E-state index in [1.165, 1.54) is 87.0 Å². The van der Waals surface area contributed by atoms with Crippen LogP contribution in [0.25, 0.3) is 12.2 Å². The van der Waals surface area contributed by atoms with Crippen LogP contribution in [0.3, 0.4) is 0 Å². The standard InChI is InChI=1S/C51H62O28/c1-68-28-16-23(8-12-26(28)55)10-14-34(57)70-21-33-38(61)40(63)43(66)48(74-33)75-44-41(64)36(59)30(18-52)72-49(44)76-45-42(65)37(60)31(19-53)73-50(45)79-51(22-71-35(58)15-11-24-9-13-27(56)29(17-24)69-2)46(39(62)32(20-54)78-51)77-47(67)25-6-4-3-5-7-25/h3-17,30-33,36-46,48-50,52-56,59-66H,18-22H2,1-2H3/b14-10+,15-11-/t30-,31-,32-,33-,36-,37-,38-,39-,40+,41+,42+,43-,44-,45-,46+,48+,49+,50-,51+/m1/s1. The largest absolute Gasteiger partial charge is 0.504 e. The topological polar surface area (TPSA) is 425 Å². The number of aromatic hydroxyl groups is 2. The van der Waals surface area contributed by atoms with Crippen LogP contribution in [-0.2, 0) is 57.0 Å².